The van der Waals surface area contributed by atoms with Crippen molar-refractivity contribution in [1.82, 2.24) is 0 Å². The molecule has 0 N–H and O–H groups in total. The zero-order chi connectivity index (χ0) is 22.9. The Morgan fingerprint density at radius 1 is 0.938 bits per heavy atom. The number of aryl methyl sites for hydroxylation is 1. The summed E-state index contributed by atoms with van der Waals surface area (Å²) in [5, 5.41) is 1.76. The molecule has 2 nitrogen and oxygen atoms in total. The van der Waals surface area contributed by atoms with Crippen molar-refractivity contribution in [3.63, 3.8) is 0 Å². The Morgan fingerprint density at radius 3 is 2.38 bits per heavy atom. The highest BCUT2D eigenvalue weighted by Gasteiger charge is 2.08. The number of fused-ring (bicyclic) bond motifs is 1. The number of carbonyl (C=O) groups excluding carboxylic acids is 1. The maximum atomic E-state index is 11.6. The van der Waals surface area contributed by atoms with Crippen LogP contribution >= 0.6 is 0 Å². The van der Waals surface area contributed by atoms with E-state index in [1.165, 1.54) is 0 Å². The Morgan fingerprint density at radius 2 is 1.69 bits per heavy atom. The lowest BCUT2D eigenvalue weighted by molar-refractivity contribution is -0.128. The van der Waals surface area contributed by atoms with E-state index in [1.807, 2.05) is 55.5 Å². The Kier molecular flexibility index (Phi) is 7.47. The van der Waals surface area contributed by atoms with Crippen molar-refractivity contribution >= 4 is 16.7 Å². The summed E-state index contributed by atoms with van der Waals surface area (Å²) >= 11 is 0. The summed E-state index contributed by atoms with van der Waals surface area (Å²) in [6, 6.07) is 17.5. The maximum absolute atomic E-state index is 11.6. The molecule has 0 unspecified atom stereocenters. The number of hydrogen-bond donors (Lipinski definition) is 0. The predicted molar refractivity (Wildman–Crippen MR) is 132 cm³/mol. The van der Waals surface area contributed by atoms with Gasteiger partial charge >= 0.3 is 5.97 Å². The molecule has 0 aliphatic rings. The van der Waals surface area contributed by atoms with Crippen molar-refractivity contribution in [3.8, 4) is 29.4 Å². The van der Waals surface area contributed by atoms with Gasteiger partial charge in [-0.25, -0.2) is 4.79 Å². The quantitative estimate of drug-likeness (QED) is 0.162. The first-order valence-corrected chi connectivity index (χ1v) is 10.4. The number of hydrogen-bond acceptors (Lipinski definition) is 2. The van der Waals surface area contributed by atoms with Crippen LogP contribution in [0.4, 0.5) is 0 Å². The average Bonchev–Trinajstić information content (AvgIpc) is 2.84. The van der Waals surface area contributed by atoms with Gasteiger partial charge in [-0.05, 0) is 49.2 Å². The van der Waals surface area contributed by atoms with Crippen LogP contribution in [-0.2, 0) is 11.2 Å². The van der Waals surface area contributed by atoms with Gasteiger partial charge < -0.3 is 4.74 Å². The van der Waals surface area contributed by atoms with Crippen molar-refractivity contribution in [1.29, 1.82) is 0 Å². The molecule has 3 aromatic carbocycles. The van der Waals surface area contributed by atoms with E-state index in [2.05, 4.69) is 49.8 Å². The highest BCUT2D eigenvalue weighted by Crippen LogP contribution is 2.28. The van der Waals surface area contributed by atoms with Crippen LogP contribution in [0.15, 0.2) is 91.6 Å². The molecule has 0 atom stereocenters. The van der Waals surface area contributed by atoms with Crippen molar-refractivity contribution in [2.24, 2.45) is 0 Å². The zero-order valence-electron chi connectivity index (χ0n) is 18.4. The largest absolute Gasteiger partial charge is 0.423 e. The van der Waals surface area contributed by atoms with E-state index in [-0.39, 0.29) is 0 Å². The number of rotatable bonds is 4. The average molecular weight is 417 g/mol. The molecule has 0 aliphatic carbocycles. The first-order valence-electron chi connectivity index (χ1n) is 10.4. The van der Waals surface area contributed by atoms with Gasteiger partial charge in [0.2, 0.25) is 0 Å². The van der Waals surface area contributed by atoms with E-state index >= 15 is 0 Å². The van der Waals surface area contributed by atoms with Gasteiger partial charge in [-0.15, -0.1) is 0 Å². The number of ether oxygens (including phenoxy) is 1. The summed E-state index contributed by atoms with van der Waals surface area (Å²) < 4.78 is 5.37. The summed E-state index contributed by atoms with van der Waals surface area (Å²) in [6.45, 7) is 11.3. The minimum absolute atomic E-state index is 0.487. The summed E-state index contributed by atoms with van der Waals surface area (Å²) in [5.41, 5.74) is 4.85. The minimum atomic E-state index is -0.487. The topological polar surface area (TPSA) is 26.3 Å². The fourth-order valence-corrected chi connectivity index (χ4v) is 3.23. The normalized spacial score (nSPS) is 10.4. The summed E-state index contributed by atoms with van der Waals surface area (Å²) in [7, 11) is 0. The van der Waals surface area contributed by atoms with Gasteiger partial charge in [0.1, 0.15) is 5.75 Å². The second kappa shape index (κ2) is 10.7. The van der Waals surface area contributed by atoms with E-state index < -0.39 is 5.97 Å². The highest BCUT2D eigenvalue weighted by molar-refractivity contribution is 5.95. The van der Waals surface area contributed by atoms with Gasteiger partial charge in [-0.3, -0.25) is 0 Å². The van der Waals surface area contributed by atoms with Gasteiger partial charge in [-0.1, -0.05) is 80.2 Å². The van der Waals surface area contributed by atoms with Crippen LogP contribution in [0, 0.1) is 23.7 Å². The molecule has 0 aromatic heterocycles. The van der Waals surface area contributed by atoms with Crippen molar-refractivity contribution in [3.05, 3.63) is 114 Å². The number of esters is 1. The van der Waals surface area contributed by atoms with Gasteiger partial charge in [0.25, 0.3) is 0 Å². The van der Waals surface area contributed by atoms with Crippen LogP contribution in [0.2, 0.25) is 0 Å². The lowest BCUT2D eigenvalue weighted by Gasteiger charge is -2.07. The first-order chi connectivity index (χ1) is 15.6. The first kappa shape index (κ1) is 22.4. The molecule has 32 heavy (non-hydrogen) atoms. The molecule has 0 fully saturated rings. The molecular weight excluding hydrogens is 392 g/mol. The van der Waals surface area contributed by atoms with Crippen LogP contribution in [0.5, 0.6) is 5.75 Å². The summed E-state index contributed by atoms with van der Waals surface area (Å²) in [6.07, 6.45) is 5.72. The monoisotopic (exact) mass is 416 g/mol. The molecule has 0 saturated carbocycles. The van der Waals surface area contributed by atoms with Crippen LogP contribution in [0.3, 0.4) is 0 Å². The number of carbonyl (C=O) groups is 1. The highest BCUT2D eigenvalue weighted by atomic mass is 16.5. The number of benzene rings is 3. The third kappa shape index (κ3) is 5.25. The van der Waals surface area contributed by atoms with Crippen LogP contribution in [0.1, 0.15) is 36.1 Å². The fourth-order valence-electron chi connectivity index (χ4n) is 3.23. The predicted octanol–water partition coefficient (Wildman–Crippen LogP) is 6.38. The van der Waals surface area contributed by atoms with Gasteiger partial charge in [-0.2, -0.15) is 0 Å². The van der Waals surface area contributed by atoms with Gasteiger partial charge in [0, 0.05) is 39.1 Å². The molecule has 0 heterocycles. The SMILES string of the molecule is C=CC(=O)Oc1ccc(C#Cc2ccc(C#C/C(C=C)=C/C)c(CC)c2)c2ccccc12. The number of allylic oxidation sites excluding steroid dienone is 3. The third-order valence-electron chi connectivity index (χ3n) is 4.96. The second-order valence-electron chi connectivity index (χ2n) is 6.96. The molecule has 2 heteroatoms. The molecule has 156 valence electrons. The summed E-state index contributed by atoms with van der Waals surface area (Å²) in [4.78, 5) is 11.6. The molecule has 0 saturated heterocycles. The second-order valence-corrected chi connectivity index (χ2v) is 6.96. The molecule has 0 amide bonds. The van der Waals surface area contributed by atoms with Gasteiger partial charge in [0.15, 0.2) is 0 Å². The van der Waals surface area contributed by atoms with Crippen LogP contribution < -0.4 is 4.74 Å². The van der Waals surface area contributed by atoms with Crippen molar-refractivity contribution in [2.45, 2.75) is 20.3 Å². The Labute approximate surface area is 189 Å². The summed E-state index contributed by atoms with van der Waals surface area (Å²) in [5.74, 6) is 12.9. The minimum Gasteiger partial charge on any atom is -0.423 e. The molecular formula is C30H24O2. The fraction of sp³-hybridized carbons (Fsp3) is 0.100. The molecule has 3 aromatic rings. The van der Waals surface area contributed by atoms with Crippen molar-refractivity contribution < 1.29 is 9.53 Å². The molecule has 0 bridgehead atoms. The molecule has 3 rings (SSSR count). The van der Waals surface area contributed by atoms with E-state index in [0.29, 0.717) is 5.75 Å². The van der Waals surface area contributed by atoms with E-state index in [1.54, 1.807) is 12.1 Å². The van der Waals surface area contributed by atoms with Crippen LogP contribution in [-0.4, -0.2) is 5.97 Å². The lowest BCUT2D eigenvalue weighted by Crippen LogP contribution is -2.03. The standard InChI is InChI=1S/C30H24O2/c1-5-22(6-2)13-16-25-17-14-23(21-24(25)7-3)15-18-26-19-20-29(32-30(31)8-4)28-12-10-9-11-27(26)28/h5-6,8-12,14,17,19-21H,1,4,7H2,2-3H3/b22-6+. The van der Waals surface area contributed by atoms with E-state index in [0.717, 1.165) is 51.1 Å². The van der Waals surface area contributed by atoms with E-state index in [9.17, 15) is 4.79 Å². The Hall–Kier alpha value is -4.27. The molecule has 0 aliphatic heterocycles. The lowest BCUT2D eigenvalue weighted by atomic mass is 10.0. The van der Waals surface area contributed by atoms with Crippen LogP contribution in [0.25, 0.3) is 10.8 Å². The van der Waals surface area contributed by atoms with Crippen molar-refractivity contribution in [2.75, 3.05) is 0 Å². The molecule has 0 spiro atoms. The maximum Gasteiger partial charge on any atom is 0.335 e. The zero-order valence-corrected chi connectivity index (χ0v) is 18.4. The Bertz CT molecular complexity index is 1350. The smallest absolute Gasteiger partial charge is 0.335 e. The van der Waals surface area contributed by atoms with E-state index in [4.69, 9.17) is 4.74 Å². The third-order valence-corrected chi connectivity index (χ3v) is 4.96. The molecule has 0 radical (unpaired) electrons. The van der Waals surface area contributed by atoms with Gasteiger partial charge in [0.05, 0.1) is 0 Å². The Balaban J connectivity index is 1.98.